The number of anilines is 1. The van der Waals surface area contributed by atoms with Gasteiger partial charge in [-0.2, -0.15) is 0 Å². The van der Waals surface area contributed by atoms with E-state index in [1.165, 1.54) is 4.90 Å². The third kappa shape index (κ3) is 4.12. The first kappa shape index (κ1) is 17.3. The van der Waals surface area contributed by atoms with Crippen LogP contribution in [0.1, 0.15) is 29.9 Å². The van der Waals surface area contributed by atoms with Crippen LogP contribution in [0.4, 0.5) is 10.5 Å². The number of benzene rings is 2. The summed E-state index contributed by atoms with van der Waals surface area (Å²) in [5.74, 6) is 1.22. The van der Waals surface area contributed by atoms with Gasteiger partial charge in [0.05, 0.1) is 19.3 Å². The molecule has 1 amide bonds. The number of rotatable bonds is 5. The number of hydrogen-bond donors (Lipinski definition) is 2. The maximum Gasteiger partial charge on any atom is 0.412 e. The van der Waals surface area contributed by atoms with Gasteiger partial charge in [0.15, 0.2) is 0 Å². The molecule has 132 valence electrons. The van der Waals surface area contributed by atoms with Crippen molar-refractivity contribution >= 4 is 11.8 Å². The van der Waals surface area contributed by atoms with Gasteiger partial charge in [-0.25, -0.2) is 4.79 Å². The van der Waals surface area contributed by atoms with Crippen molar-refractivity contribution in [2.75, 3.05) is 25.1 Å². The molecule has 3 rings (SSSR count). The molecule has 0 spiro atoms. The first-order valence-electron chi connectivity index (χ1n) is 8.62. The Morgan fingerprint density at radius 1 is 1.20 bits per heavy atom. The molecule has 5 nitrogen and oxygen atoms in total. The van der Waals surface area contributed by atoms with Gasteiger partial charge in [-0.05, 0) is 49.0 Å². The predicted molar refractivity (Wildman–Crippen MR) is 98.5 cm³/mol. The summed E-state index contributed by atoms with van der Waals surface area (Å²) in [5, 5.41) is 13.0. The van der Waals surface area contributed by atoms with E-state index in [1.807, 2.05) is 48.5 Å². The van der Waals surface area contributed by atoms with Gasteiger partial charge in [0.2, 0.25) is 0 Å². The SMILES string of the molecule is COc1cc(N(Cc2ccccc2)C(=O)O)ccc1C1CCNCC1. The number of amides is 1. The van der Waals surface area contributed by atoms with Gasteiger partial charge >= 0.3 is 6.09 Å². The number of carbonyl (C=O) groups is 1. The third-order valence-electron chi connectivity index (χ3n) is 4.72. The summed E-state index contributed by atoms with van der Waals surface area (Å²) in [6.07, 6.45) is 1.17. The maximum atomic E-state index is 11.8. The fourth-order valence-electron chi connectivity index (χ4n) is 3.37. The molecule has 2 N–H and O–H groups in total. The van der Waals surface area contributed by atoms with Crippen molar-refractivity contribution in [2.45, 2.75) is 25.3 Å². The zero-order valence-electron chi connectivity index (χ0n) is 14.4. The van der Waals surface area contributed by atoms with E-state index >= 15 is 0 Å². The van der Waals surface area contributed by atoms with E-state index in [0.29, 0.717) is 18.2 Å². The van der Waals surface area contributed by atoms with E-state index in [2.05, 4.69) is 5.32 Å². The molecule has 1 aliphatic rings. The average Bonchev–Trinajstić information content (AvgIpc) is 2.67. The highest BCUT2D eigenvalue weighted by molar-refractivity contribution is 5.86. The fourth-order valence-corrected chi connectivity index (χ4v) is 3.37. The number of hydrogen-bond acceptors (Lipinski definition) is 3. The molecule has 0 bridgehead atoms. The molecule has 0 atom stereocenters. The molecule has 0 radical (unpaired) electrons. The highest BCUT2D eigenvalue weighted by Crippen LogP contribution is 2.35. The molecule has 0 unspecified atom stereocenters. The maximum absolute atomic E-state index is 11.8. The molecule has 1 aliphatic heterocycles. The normalized spacial score (nSPS) is 14.9. The molecule has 1 saturated heterocycles. The molecule has 5 heteroatoms. The summed E-state index contributed by atoms with van der Waals surface area (Å²) in [6, 6.07) is 15.3. The van der Waals surface area contributed by atoms with Crippen molar-refractivity contribution in [3.05, 3.63) is 59.7 Å². The minimum Gasteiger partial charge on any atom is -0.496 e. The van der Waals surface area contributed by atoms with Crippen molar-refractivity contribution < 1.29 is 14.6 Å². The van der Waals surface area contributed by atoms with Gasteiger partial charge in [-0.15, -0.1) is 0 Å². The Balaban J connectivity index is 1.87. The van der Waals surface area contributed by atoms with E-state index < -0.39 is 6.09 Å². The second-order valence-corrected chi connectivity index (χ2v) is 6.30. The summed E-state index contributed by atoms with van der Waals surface area (Å²) in [6.45, 7) is 2.32. The van der Waals surface area contributed by atoms with E-state index in [4.69, 9.17) is 4.74 Å². The van der Waals surface area contributed by atoms with Crippen molar-refractivity contribution in [3.63, 3.8) is 0 Å². The lowest BCUT2D eigenvalue weighted by atomic mass is 9.89. The Kier molecular flexibility index (Phi) is 5.56. The molecule has 2 aromatic carbocycles. The van der Waals surface area contributed by atoms with E-state index in [1.54, 1.807) is 7.11 Å². The van der Waals surface area contributed by atoms with Crippen molar-refractivity contribution in [1.29, 1.82) is 0 Å². The van der Waals surface area contributed by atoms with Crippen LogP contribution in [0.25, 0.3) is 0 Å². The Morgan fingerprint density at radius 3 is 2.56 bits per heavy atom. The quantitative estimate of drug-likeness (QED) is 0.868. The lowest BCUT2D eigenvalue weighted by Crippen LogP contribution is -2.29. The summed E-state index contributed by atoms with van der Waals surface area (Å²) in [5.41, 5.74) is 2.75. The van der Waals surface area contributed by atoms with Gasteiger partial charge in [-0.1, -0.05) is 36.4 Å². The first-order chi connectivity index (χ1) is 12.2. The number of nitrogens with one attached hydrogen (secondary N) is 1. The van der Waals surface area contributed by atoms with Crippen LogP contribution in [-0.2, 0) is 6.54 Å². The number of piperidine rings is 1. The lowest BCUT2D eigenvalue weighted by molar-refractivity contribution is 0.201. The van der Waals surface area contributed by atoms with Crippen LogP contribution in [0, 0.1) is 0 Å². The van der Waals surface area contributed by atoms with Crippen molar-refractivity contribution in [2.24, 2.45) is 0 Å². The van der Waals surface area contributed by atoms with Gasteiger partial charge in [0, 0.05) is 6.07 Å². The van der Waals surface area contributed by atoms with Gasteiger partial charge in [0.25, 0.3) is 0 Å². The summed E-state index contributed by atoms with van der Waals surface area (Å²) in [4.78, 5) is 13.1. The van der Waals surface area contributed by atoms with Crippen LogP contribution in [0.15, 0.2) is 48.5 Å². The topological polar surface area (TPSA) is 61.8 Å². The van der Waals surface area contributed by atoms with Gasteiger partial charge in [-0.3, -0.25) is 4.90 Å². The molecule has 1 heterocycles. The third-order valence-corrected chi connectivity index (χ3v) is 4.72. The first-order valence-corrected chi connectivity index (χ1v) is 8.62. The standard InChI is InChI=1S/C20H24N2O3/c1-25-19-13-17(7-8-18(19)16-9-11-21-12-10-16)22(20(23)24)14-15-5-3-2-4-6-15/h2-8,13,16,21H,9-12,14H2,1H3,(H,23,24). The van der Waals surface area contributed by atoms with E-state index in [-0.39, 0.29) is 0 Å². The Bertz CT molecular complexity index is 712. The molecule has 1 fully saturated rings. The van der Waals surface area contributed by atoms with Crippen LogP contribution in [-0.4, -0.2) is 31.4 Å². The van der Waals surface area contributed by atoms with Crippen LogP contribution >= 0.6 is 0 Å². The molecular weight excluding hydrogens is 316 g/mol. The predicted octanol–water partition coefficient (Wildman–Crippen LogP) is 3.85. The minimum atomic E-state index is -0.972. The second kappa shape index (κ2) is 8.03. The molecule has 2 aromatic rings. The Morgan fingerprint density at radius 2 is 1.92 bits per heavy atom. The summed E-state index contributed by atoms with van der Waals surface area (Å²) in [7, 11) is 1.64. The Labute approximate surface area is 148 Å². The Hall–Kier alpha value is -2.53. The zero-order valence-corrected chi connectivity index (χ0v) is 14.4. The highest BCUT2D eigenvalue weighted by atomic mass is 16.5. The monoisotopic (exact) mass is 340 g/mol. The largest absolute Gasteiger partial charge is 0.496 e. The van der Waals surface area contributed by atoms with Crippen molar-refractivity contribution in [3.8, 4) is 5.75 Å². The molecular formula is C20H24N2O3. The molecule has 0 aliphatic carbocycles. The fraction of sp³-hybridized carbons (Fsp3) is 0.350. The van der Waals surface area contributed by atoms with Gasteiger partial charge < -0.3 is 15.2 Å². The van der Waals surface area contributed by atoms with Gasteiger partial charge in [0.1, 0.15) is 5.75 Å². The number of methoxy groups -OCH3 is 1. The van der Waals surface area contributed by atoms with E-state index in [0.717, 1.165) is 42.8 Å². The number of nitrogens with zero attached hydrogens (tertiary/aromatic N) is 1. The molecule has 0 aromatic heterocycles. The van der Waals surface area contributed by atoms with E-state index in [9.17, 15) is 9.90 Å². The number of ether oxygens (including phenoxy) is 1. The molecule has 0 saturated carbocycles. The lowest BCUT2D eigenvalue weighted by Gasteiger charge is -2.26. The summed E-state index contributed by atoms with van der Waals surface area (Å²) >= 11 is 0. The average molecular weight is 340 g/mol. The van der Waals surface area contributed by atoms with Crippen molar-refractivity contribution in [1.82, 2.24) is 5.32 Å². The van der Waals surface area contributed by atoms with Crippen LogP contribution in [0.3, 0.4) is 0 Å². The van der Waals surface area contributed by atoms with Crippen LogP contribution in [0.2, 0.25) is 0 Å². The highest BCUT2D eigenvalue weighted by Gasteiger charge is 2.21. The zero-order chi connectivity index (χ0) is 17.6. The smallest absolute Gasteiger partial charge is 0.412 e. The van der Waals surface area contributed by atoms with Crippen LogP contribution < -0.4 is 15.0 Å². The number of carboxylic acid groups (broad SMARTS) is 1. The van der Waals surface area contributed by atoms with Crippen LogP contribution in [0.5, 0.6) is 5.75 Å². The summed E-state index contributed by atoms with van der Waals surface area (Å²) < 4.78 is 5.58. The molecule has 25 heavy (non-hydrogen) atoms. The second-order valence-electron chi connectivity index (χ2n) is 6.30. The minimum absolute atomic E-state index is 0.312.